The molecule has 1 N–H and O–H groups in total. The van der Waals surface area contributed by atoms with Crippen LogP contribution in [0.5, 0.6) is 0 Å². The molecule has 54 heavy (non-hydrogen) atoms. The van der Waals surface area contributed by atoms with E-state index < -0.39 is 0 Å². The lowest BCUT2D eigenvalue weighted by molar-refractivity contribution is 0.570. The molecule has 2 aromatic heterocycles. The summed E-state index contributed by atoms with van der Waals surface area (Å²) < 4.78 is 8.37. The molecule has 0 radical (unpaired) electrons. The van der Waals surface area contributed by atoms with Gasteiger partial charge in [-0.2, -0.15) is 0 Å². The molecule has 9 aromatic rings. The highest BCUT2D eigenvalue weighted by Gasteiger charge is 2.16. The number of fused-ring (bicyclic) bond motifs is 6. The van der Waals surface area contributed by atoms with Gasteiger partial charge >= 0.3 is 5.63 Å². The molecular formula is C50H32N2O2. The van der Waals surface area contributed by atoms with Crippen LogP contribution in [0, 0.1) is 11.8 Å². The minimum Gasteiger partial charge on any atom is -0.422 e. The third-order valence-corrected chi connectivity index (χ3v) is 10.3. The second-order valence-electron chi connectivity index (χ2n) is 13.5. The Kier molecular flexibility index (Phi) is 7.56. The first-order chi connectivity index (χ1) is 26.7. The summed E-state index contributed by atoms with van der Waals surface area (Å²) in [5, 5.41) is 8.23. The number of nitrogens with zero attached hydrogens (tertiary/aromatic N) is 1. The van der Waals surface area contributed by atoms with E-state index in [2.05, 4.69) is 131 Å². The normalized spacial score (nSPS) is 12.7. The van der Waals surface area contributed by atoms with Crippen molar-refractivity contribution in [2.24, 2.45) is 0 Å². The van der Waals surface area contributed by atoms with Crippen LogP contribution in [0.15, 0.2) is 185 Å². The maximum Gasteiger partial charge on any atom is 0.344 e. The van der Waals surface area contributed by atoms with E-state index in [0.29, 0.717) is 17.4 Å². The van der Waals surface area contributed by atoms with E-state index in [1.807, 2.05) is 66.7 Å². The lowest BCUT2D eigenvalue weighted by Gasteiger charge is -2.13. The Hall–Kier alpha value is -7.35. The summed E-state index contributed by atoms with van der Waals surface area (Å²) in [7, 11) is 0. The Labute approximate surface area is 311 Å². The van der Waals surface area contributed by atoms with Gasteiger partial charge in [0.15, 0.2) is 0 Å². The topological polar surface area (TPSA) is 47.2 Å². The van der Waals surface area contributed by atoms with Crippen molar-refractivity contribution in [2.75, 3.05) is 5.32 Å². The molecule has 2 heterocycles. The molecule has 0 amide bonds. The molecule has 0 aliphatic heterocycles. The minimum absolute atomic E-state index is 0.357. The predicted molar refractivity (Wildman–Crippen MR) is 224 cm³/mol. The summed E-state index contributed by atoms with van der Waals surface area (Å²) in [6.45, 7) is 0. The standard InChI is InChI=1S/C50H32N2O2/c53-50-45-31-34(33-13-7-8-14-37(29-33)40-19-9-11-21-46(40)51-38-15-3-1-4-16-38)23-26-41(45)43-27-24-36(32-49(43)54-50)35-25-28-48-44(30-35)42-20-10-12-22-47(42)52(48)39-17-5-2-6-18-39/h1-6,9-13,15-32,51H,7H2. The van der Waals surface area contributed by atoms with Crippen molar-refractivity contribution in [3.63, 3.8) is 0 Å². The number of anilines is 2. The number of hydrogen-bond acceptors (Lipinski definition) is 3. The zero-order valence-electron chi connectivity index (χ0n) is 29.2. The molecular weight excluding hydrogens is 661 g/mol. The Morgan fingerprint density at radius 3 is 2.15 bits per heavy atom. The average Bonchev–Trinajstić information content (AvgIpc) is 3.35. The zero-order valence-corrected chi connectivity index (χ0v) is 29.2. The van der Waals surface area contributed by atoms with Gasteiger partial charge in [0.2, 0.25) is 0 Å². The molecule has 10 rings (SSSR count). The monoisotopic (exact) mass is 692 g/mol. The first-order valence-electron chi connectivity index (χ1n) is 18.1. The Bertz CT molecular complexity index is 3120. The van der Waals surface area contributed by atoms with Crippen molar-refractivity contribution in [1.29, 1.82) is 0 Å². The quantitative estimate of drug-likeness (QED) is 0.107. The summed E-state index contributed by atoms with van der Waals surface area (Å²) >= 11 is 0. The van der Waals surface area contributed by atoms with Gasteiger partial charge < -0.3 is 14.3 Å². The van der Waals surface area contributed by atoms with Crippen molar-refractivity contribution in [3.05, 3.63) is 197 Å². The molecule has 0 atom stereocenters. The fourth-order valence-electron chi connectivity index (χ4n) is 7.71. The van der Waals surface area contributed by atoms with Crippen LogP contribution in [-0.2, 0) is 0 Å². The number of rotatable bonds is 6. The first-order valence-corrected chi connectivity index (χ1v) is 18.1. The summed E-state index contributed by atoms with van der Waals surface area (Å²) in [4.78, 5) is 13.7. The van der Waals surface area contributed by atoms with Gasteiger partial charge in [-0.1, -0.05) is 115 Å². The number of aromatic nitrogens is 1. The van der Waals surface area contributed by atoms with E-state index in [1.165, 1.54) is 10.8 Å². The van der Waals surface area contributed by atoms with Gasteiger partial charge in [-0.3, -0.25) is 0 Å². The van der Waals surface area contributed by atoms with E-state index in [0.717, 1.165) is 72.3 Å². The van der Waals surface area contributed by atoms with E-state index >= 15 is 0 Å². The van der Waals surface area contributed by atoms with Crippen LogP contribution in [0.25, 0.3) is 71.5 Å². The highest BCUT2D eigenvalue weighted by molar-refractivity contribution is 6.11. The Morgan fingerprint density at radius 2 is 1.26 bits per heavy atom. The Balaban J connectivity index is 1.02. The van der Waals surface area contributed by atoms with Crippen LogP contribution >= 0.6 is 0 Å². The van der Waals surface area contributed by atoms with Crippen molar-refractivity contribution in [2.45, 2.75) is 6.42 Å². The van der Waals surface area contributed by atoms with Crippen LogP contribution in [-0.4, -0.2) is 4.57 Å². The molecule has 1 aliphatic rings. The maximum absolute atomic E-state index is 13.7. The third kappa shape index (κ3) is 5.48. The zero-order chi connectivity index (χ0) is 36.0. The highest BCUT2D eigenvalue weighted by Crippen LogP contribution is 2.37. The van der Waals surface area contributed by atoms with Crippen molar-refractivity contribution in [3.8, 4) is 28.7 Å². The molecule has 0 spiro atoms. The number of benzene rings is 7. The van der Waals surface area contributed by atoms with Gasteiger partial charge in [-0.25, -0.2) is 4.79 Å². The number of allylic oxidation sites excluding steroid dienone is 4. The van der Waals surface area contributed by atoms with Crippen LogP contribution in [0.1, 0.15) is 17.5 Å². The third-order valence-electron chi connectivity index (χ3n) is 10.3. The summed E-state index contributed by atoms with van der Waals surface area (Å²) in [5.74, 6) is 6.68. The molecule has 254 valence electrons. The van der Waals surface area contributed by atoms with Gasteiger partial charge in [-0.15, -0.1) is 0 Å². The molecule has 1 aliphatic carbocycles. The number of hydrogen-bond donors (Lipinski definition) is 1. The second-order valence-corrected chi connectivity index (χ2v) is 13.5. The van der Waals surface area contributed by atoms with Crippen LogP contribution < -0.4 is 10.9 Å². The lowest BCUT2D eigenvalue weighted by atomic mass is 9.96. The molecule has 0 saturated heterocycles. The average molecular weight is 693 g/mol. The minimum atomic E-state index is -0.357. The van der Waals surface area contributed by atoms with Crippen molar-refractivity contribution >= 4 is 66.1 Å². The fourth-order valence-corrected chi connectivity index (χ4v) is 7.71. The molecule has 0 fully saturated rings. The highest BCUT2D eigenvalue weighted by atomic mass is 16.4. The van der Waals surface area contributed by atoms with Gasteiger partial charge in [0.1, 0.15) is 5.58 Å². The predicted octanol–water partition coefficient (Wildman–Crippen LogP) is 12.3. The summed E-state index contributed by atoms with van der Waals surface area (Å²) in [6, 6.07) is 56.2. The molecule has 4 nitrogen and oxygen atoms in total. The molecule has 4 heteroatoms. The SMILES string of the molecule is O=c1oc2cc(-c3ccc4c(c3)c3ccccc3n4-c3ccccc3)ccc2c2ccc(C3=CCC#CC(c4ccccc4Nc4ccccc4)=C3)cc12. The summed E-state index contributed by atoms with van der Waals surface area (Å²) in [5.41, 5.74) is 11.5. The van der Waals surface area contributed by atoms with Gasteiger partial charge in [0.25, 0.3) is 0 Å². The van der Waals surface area contributed by atoms with E-state index in [4.69, 9.17) is 4.42 Å². The smallest absolute Gasteiger partial charge is 0.344 e. The molecule has 7 aromatic carbocycles. The van der Waals surface area contributed by atoms with Gasteiger partial charge in [0.05, 0.1) is 16.4 Å². The van der Waals surface area contributed by atoms with Gasteiger partial charge in [-0.05, 0) is 100 Å². The van der Waals surface area contributed by atoms with Crippen molar-refractivity contribution < 1.29 is 4.42 Å². The van der Waals surface area contributed by atoms with Gasteiger partial charge in [0, 0.05) is 50.8 Å². The van der Waals surface area contributed by atoms with Crippen LogP contribution in [0.3, 0.4) is 0 Å². The molecule has 0 unspecified atom stereocenters. The largest absolute Gasteiger partial charge is 0.422 e. The van der Waals surface area contributed by atoms with Crippen LogP contribution in [0.4, 0.5) is 11.4 Å². The fraction of sp³-hybridized carbons (Fsp3) is 0.0200. The van der Waals surface area contributed by atoms with E-state index in [-0.39, 0.29) is 5.63 Å². The number of para-hydroxylation sites is 4. The van der Waals surface area contributed by atoms with E-state index in [1.54, 1.807) is 0 Å². The molecule has 0 saturated carbocycles. The van der Waals surface area contributed by atoms with E-state index in [9.17, 15) is 4.79 Å². The second kappa shape index (κ2) is 13.0. The maximum atomic E-state index is 13.7. The summed E-state index contributed by atoms with van der Waals surface area (Å²) in [6.07, 6.45) is 4.85. The first kappa shape index (κ1) is 31.4. The lowest BCUT2D eigenvalue weighted by Crippen LogP contribution is -2.01. The van der Waals surface area contributed by atoms with Crippen LogP contribution in [0.2, 0.25) is 0 Å². The Morgan fingerprint density at radius 1 is 0.574 bits per heavy atom. The van der Waals surface area contributed by atoms with Crippen molar-refractivity contribution in [1.82, 2.24) is 4.57 Å². The number of nitrogens with one attached hydrogen (secondary N) is 1. The molecule has 0 bridgehead atoms.